The average molecular weight is 512 g/mol. The molecule has 0 saturated heterocycles. The van der Waals surface area contributed by atoms with E-state index in [0.29, 0.717) is 11.6 Å². The van der Waals surface area contributed by atoms with Crippen LogP contribution < -0.4 is 0 Å². The molecule has 2 atom stereocenters. The summed E-state index contributed by atoms with van der Waals surface area (Å²) < 4.78 is 0.201. The Kier molecular flexibility index (Phi) is 12.2. The number of hydrogen-bond donors (Lipinski definition) is 0. The second-order valence-electron chi connectivity index (χ2n) is 10.0. The highest BCUT2D eigenvalue weighted by molar-refractivity contribution is 9.10. The van der Waals surface area contributed by atoms with Crippen LogP contribution in [0, 0.1) is 17.2 Å². The molecule has 0 saturated carbocycles. The lowest BCUT2D eigenvalue weighted by molar-refractivity contribution is 0.498. The molecule has 0 aliphatic heterocycles. The molecule has 3 heteroatoms. The zero-order valence-corrected chi connectivity index (χ0v) is 22.7. The number of halogens is 1. The second kappa shape index (κ2) is 14.6. The van der Waals surface area contributed by atoms with E-state index < -0.39 is 0 Å². The summed E-state index contributed by atoms with van der Waals surface area (Å²) in [6.07, 6.45) is 25.4. The summed E-state index contributed by atoms with van der Waals surface area (Å²) >= 11 is 3.94. The predicted molar refractivity (Wildman–Crippen MR) is 148 cm³/mol. The SMILES string of the molecule is C=C(CC1CC=CC/C=C\CC1)\C(C#N)=N/C1=C(\C)CCC[C@](C)(Br)CC\C=C\1CCCC. The molecule has 2 aliphatic rings. The van der Waals surface area contributed by atoms with Crippen LogP contribution >= 0.6 is 15.9 Å². The number of nitriles is 1. The van der Waals surface area contributed by atoms with E-state index >= 15 is 0 Å². The Bertz CT molecular complexity index is 845. The van der Waals surface area contributed by atoms with E-state index in [9.17, 15) is 5.26 Å². The van der Waals surface area contributed by atoms with Gasteiger partial charge in [-0.25, -0.2) is 4.99 Å². The number of alkyl halides is 1. The average Bonchev–Trinajstić information content (AvgIpc) is 2.90. The lowest BCUT2D eigenvalue weighted by atomic mass is 9.90. The Balaban J connectivity index is 2.30. The molecule has 0 N–H and O–H groups in total. The summed E-state index contributed by atoms with van der Waals surface area (Å²) in [6.45, 7) is 11.1. The third-order valence-corrected chi connectivity index (χ3v) is 7.62. The van der Waals surface area contributed by atoms with Crippen molar-refractivity contribution in [2.45, 2.75) is 109 Å². The van der Waals surface area contributed by atoms with Gasteiger partial charge in [-0.05, 0) is 114 Å². The van der Waals surface area contributed by atoms with Crippen LogP contribution in [-0.4, -0.2) is 10.0 Å². The van der Waals surface area contributed by atoms with Gasteiger partial charge < -0.3 is 0 Å². The maximum Gasteiger partial charge on any atom is 0.143 e. The Morgan fingerprint density at radius 2 is 2.03 bits per heavy atom. The van der Waals surface area contributed by atoms with E-state index in [0.717, 1.165) is 94.7 Å². The lowest BCUT2D eigenvalue weighted by Gasteiger charge is -2.24. The summed E-state index contributed by atoms with van der Waals surface area (Å²) in [5.74, 6) is 0.515. The minimum atomic E-state index is 0.201. The van der Waals surface area contributed by atoms with Gasteiger partial charge >= 0.3 is 0 Å². The van der Waals surface area contributed by atoms with Gasteiger partial charge in [0.05, 0.1) is 5.70 Å². The number of unbranched alkanes of at least 4 members (excludes halogenated alkanes) is 1. The fraction of sp³-hybridized carbons (Fsp3) is 0.600. The van der Waals surface area contributed by atoms with E-state index in [1.54, 1.807) is 0 Å². The van der Waals surface area contributed by atoms with E-state index in [1.807, 2.05) is 0 Å². The zero-order chi connectivity index (χ0) is 24.1. The largest absolute Gasteiger partial charge is 0.237 e. The number of rotatable bonds is 7. The highest BCUT2D eigenvalue weighted by atomic mass is 79.9. The van der Waals surface area contributed by atoms with Crippen LogP contribution in [0.3, 0.4) is 0 Å². The van der Waals surface area contributed by atoms with Gasteiger partial charge in [0.2, 0.25) is 0 Å². The van der Waals surface area contributed by atoms with Gasteiger partial charge in [0.1, 0.15) is 11.8 Å². The normalized spacial score (nSPS) is 30.2. The van der Waals surface area contributed by atoms with E-state index in [4.69, 9.17) is 4.99 Å². The molecule has 2 aliphatic carbocycles. The third kappa shape index (κ3) is 10.0. The number of hydrogen-bond acceptors (Lipinski definition) is 2. The quantitative estimate of drug-likeness (QED) is 0.190. The highest BCUT2D eigenvalue weighted by Crippen LogP contribution is 2.35. The second-order valence-corrected chi connectivity index (χ2v) is 11.9. The Morgan fingerprint density at radius 1 is 1.24 bits per heavy atom. The van der Waals surface area contributed by atoms with Crippen molar-refractivity contribution < 1.29 is 0 Å². The molecule has 0 heterocycles. The first-order valence-electron chi connectivity index (χ1n) is 12.9. The number of nitrogens with zero attached hydrogens (tertiary/aromatic N) is 2. The molecule has 0 aromatic carbocycles. The van der Waals surface area contributed by atoms with Crippen LogP contribution in [0.2, 0.25) is 0 Å². The van der Waals surface area contributed by atoms with Crippen LogP contribution in [-0.2, 0) is 0 Å². The van der Waals surface area contributed by atoms with E-state index in [2.05, 4.69) is 79.7 Å². The van der Waals surface area contributed by atoms with Crippen molar-refractivity contribution in [3.63, 3.8) is 0 Å². The predicted octanol–water partition coefficient (Wildman–Crippen LogP) is 9.71. The van der Waals surface area contributed by atoms with E-state index in [-0.39, 0.29) is 4.32 Å². The van der Waals surface area contributed by atoms with Crippen LogP contribution in [0.4, 0.5) is 0 Å². The van der Waals surface area contributed by atoms with Crippen LogP contribution in [0.1, 0.15) is 104 Å². The minimum absolute atomic E-state index is 0.201. The molecule has 2 rings (SSSR count). The molecule has 0 fully saturated rings. The maximum absolute atomic E-state index is 10.0. The summed E-state index contributed by atoms with van der Waals surface area (Å²) in [7, 11) is 0. The van der Waals surface area contributed by atoms with Crippen molar-refractivity contribution in [1.29, 1.82) is 5.26 Å². The van der Waals surface area contributed by atoms with Crippen molar-refractivity contribution in [3.05, 3.63) is 59.4 Å². The molecule has 0 aromatic rings. The molecule has 1 unspecified atom stereocenters. The standard InChI is InChI=1S/C30H43BrN2/c1-5-6-18-27-19-14-21-30(4,31)20-13-15-24(2)29(27)33-28(23-32)25(3)22-26-16-11-9-7-8-10-12-17-26/h7,9-10,12,19,26H,3,5-6,8,11,13-18,20-22H2,1-2,4H3/b9-7-,12-10?,27-19+,29-24+,33-28-/t26?,30-/m0/s1. The van der Waals surface area contributed by atoms with Gasteiger partial charge in [0.15, 0.2) is 0 Å². The first-order valence-corrected chi connectivity index (χ1v) is 13.7. The summed E-state index contributed by atoms with van der Waals surface area (Å²) in [6, 6.07) is 2.40. The van der Waals surface area contributed by atoms with Crippen LogP contribution in [0.5, 0.6) is 0 Å². The van der Waals surface area contributed by atoms with Gasteiger partial charge in [-0.1, -0.05) is 66.2 Å². The smallest absolute Gasteiger partial charge is 0.143 e. The van der Waals surface area contributed by atoms with Crippen molar-refractivity contribution >= 4 is 21.6 Å². The van der Waals surface area contributed by atoms with Gasteiger partial charge in [-0.15, -0.1) is 0 Å². The lowest BCUT2D eigenvalue weighted by Crippen LogP contribution is -2.15. The third-order valence-electron chi connectivity index (χ3n) is 6.83. The Hall–Kier alpha value is -1.66. The molecular weight excluding hydrogens is 468 g/mol. The topological polar surface area (TPSA) is 36.1 Å². The molecular formula is C30H43BrN2. The van der Waals surface area contributed by atoms with Crippen molar-refractivity contribution in [2.24, 2.45) is 10.9 Å². The molecule has 33 heavy (non-hydrogen) atoms. The molecule has 180 valence electrons. The molecule has 0 amide bonds. The summed E-state index contributed by atoms with van der Waals surface area (Å²) in [5.41, 5.74) is 5.08. The van der Waals surface area contributed by atoms with Crippen molar-refractivity contribution in [1.82, 2.24) is 0 Å². The molecule has 0 radical (unpaired) electrons. The molecule has 2 nitrogen and oxygen atoms in total. The first-order chi connectivity index (χ1) is 15.9. The summed E-state index contributed by atoms with van der Waals surface area (Å²) in [5, 5.41) is 10.0. The molecule has 0 bridgehead atoms. The maximum atomic E-state index is 10.0. The monoisotopic (exact) mass is 510 g/mol. The van der Waals surface area contributed by atoms with Gasteiger partial charge in [-0.3, -0.25) is 0 Å². The van der Waals surface area contributed by atoms with Gasteiger partial charge in [0, 0.05) is 4.32 Å². The number of aliphatic imine (C=N–C) groups is 1. The van der Waals surface area contributed by atoms with Gasteiger partial charge in [0.25, 0.3) is 0 Å². The molecule has 0 spiro atoms. The Labute approximate surface area is 211 Å². The van der Waals surface area contributed by atoms with Crippen LogP contribution in [0.15, 0.2) is 64.4 Å². The fourth-order valence-corrected chi connectivity index (χ4v) is 5.20. The Morgan fingerprint density at radius 3 is 2.79 bits per heavy atom. The first kappa shape index (κ1) is 27.6. The zero-order valence-electron chi connectivity index (χ0n) is 21.1. The van der Waals surface area contributed by atoms with E-state index in [1.165, 1.54) is 11.1 Å². The van der Waals surface area contributed by atoms with Gasteiger partial charge in [-0.2, -0.15) is 5.26 Å². The number of allylic oxidation sites excluding steroid dienone is 8. The summed E-state index contributed by atoms with van der Waals surface area (Å²) in [4.78, 5) is 5.03. The minimum Gasteiger partial charge on any atom is -0.237 e. The van der Waals surface area contributed by atoms with Crippen molar-refractivity contribution in [2.75, 3.05) is 0 Å². The highest BCUT2D eigenvalue weighted by Gasteiger charge is 2.21. The fourth-order valence-electron chi connectivity index (χ4n) is 4.69. The molecule has 0 aromatic heterocycles. The van der Waals surface area contributed by atoms with Crippen LogP contribution in [0.25, 0.3) is 0 Å². The van der Waals surface area contributed by atoms with Crippen molar-refractivity contribution in [3.8, 4) is 6.07 Å².